The van der Waals surface area contributed by atoms with E-state index in [1.807, 2.05) is 31.2 Å². The highest BCUT2D eigenvalue weighted by atomic mass is 32.2. The maximum absolute atomic E-state index is 12.6. The molecular formula is C19H23N3O3S. The second-order valence-electron chi connectivity index (χ2n) is 6.31. The van der Waals surface area contributed by atoms with E-state index in [4.69, 9.17) is 0 Å². The van der Waals surface area contributed by atoms with E-state index in [1.165, 1.54) is 12.1 Å². The Kier molecular flexibility index (Phi) is 5.70. The lowest BCUT2D eigenvalue weighted by atomic mass is 10.1. The predicted molar refractivity (Wildman–Crippen MR) is 102 cm³/mol. The van der Waals surface area contributed by atoms with E-state index in [0.717, 1.165) is 24.9 Å². The van der Waals surface area contributed by atoms with Crippen LogP contribution in [0, 0.1) is 0 Å². The van der Waals surface area contributed by atoms with Crippen LogP contribution in [-0.4, -0.2) is 26.9 Å². The summed E-state index contributed by atoms with van der Waals surface area (Å²) in [6.45, 7) is 3.49. The molecule has 0 aromatic heterocycles. The molecule has 0 atom stereocenters. The molecule has 0 saturated heterocycles. The van der Waals surface area contributed by atoms with Crippen molar-refractivity contribution in [2.45, 2.75) is 37.2 Å². The molecule has 0 heterocycles. The summed E-state index contributed by atoms with van der Waals surface area (Å²) in [5, 5.41) is 6.11. The van der Waals surface area contributed by atoms with Gasteiger partial charge < -0.3 is 10.6 Å². The Hall–Kier alpha value is -2.22. The van der Waals surface area contributed by atoms with Crippen LogP contribution in [-0.2, 0) is 16.6 Å². The van der Waals surface area contributed by atoms with E-state index in [0.29, 0.717) is 17.8 Å². The number of anilines is 1. The molecule has 138 valence electrons. The van der Waals surface area contributed by atoms with Gasteiger partial charge in [0.1, 0.15) is 0 Å². The Morgan fingerprint density at radius 1 is 1.12 bits per heavy atom. The molecule has 0 unspecified atom stereocenters. The van der Waals surface area contributed by atoms with E-state index in [1.54, 1.807) is 12.1 Å². The Balaban J connectivity index is 1.77. The van der Waals surface area contributed by atoms with Gasteiger partial charge in [-0.15, -0.1) is 0 Å². The maximum Gasteiger partial charge on any atom is 0.255 e. The summed E-state index contributed by atoms with van der Waals surface area (Å²) in [6, 6.07) is 13.7. The van der Waals surface area contributed by atoms with Crippen molar-refractivity contribution in [3.05, 3.63) is 59.7 Å². The van der Waals surface area contributed by atoms with Crippen molar-refractivity contribution in [3.63, 3.8) is 0 Å². The van der Waals surface area contributed by atoms with Crippen molar-refractivity contribution in [3.8, 4) is 0 Å². The van der Waals surface area contributed by atoms with Crippen LogP contribution in [0.15, 0.2) is 53.4 Å². The van der Waals surface area contributed by atoms with Gasteiger partial charge in [0.2, 0.25) is 10.0 Å². The fraction of sp³-hybridized carbons (Fsp3) is 0.316. The van der Waals surface area contributed by atoms with Crippen molar-refractivity contribution in [1.29, 1.82) is 0 Å². The van der Waals surface area contributed by atoms with Gasteiger partial charge >= 0.3 is 0 Å². The normalized spacial score (nSPS) is 14.2. The Morgan fingerprint density at radius 2 is 1.88 bits per heavy atom. The highest BCUT2D eigenvalue weighted by molar-refractivity contribution is 7.89. The predicted octanol–water partition coefficient (Wildman–Crippen LogP) is 2.49. The lowest BCUT2D eigenvalue weighted by Gasteiger charge is -2.12. The molecule has 0 radical (unpaired) electrons. The molecule has 6 nitrogen and oxygen atoms in total. The average molecular weight is 373 g/mol. The zero-order chi connectivity index (χ0) is 18.6. The summed E-state index contributed by atoms with van der Waals surface area (Å²) in [6.07, 6.45) is 1.73. The largest absolute Gasteiger partial charge is 0.322 e. The SMILES string of the molecule is CCNCc1ccccc1NC(=O)c1cccc(S(=O)(=O)NC2CC2)c1. The molecule has 2 aromatic carbocycles. The van der Waals surface area contributed by atoms with E-state index in [9.17, 15) is 13.2 Å². The van der Waals surface area contributed by atoms with Crippen LogP contribution in [0.4, 0.5) is 5.69 Å². The number of para-hydroxylation sites is 1. The van der Waals surface area contributed by atoms with Crippen LogP contribution in [0.3, 0.4) is 0 Å². The van der Waals surface area contributed by atoms with Crippen LogP contribution in [0.2, 0.25) is 0 Å². The minimum atomic E-state index is -3.59. The first kappa shape index (κ1) is 18.6. The standard InChI is InChI=1S/C19H23N3O3S/c1-2-20-13-15-6-3-4-9-18(15)21-19(23)14-7-5-8-17(12-14)26(24,25)22-16-10-11-16/h3-9,12,16,20,22H,2,10-11,13H2,1H3,(H,21,23). The quantitative estimate of drug-likeness (QED) is 0.663. The van der Waals surface area contributed by atoms with Gasteiger partial charge in [-0.3, -0.25) is 4.79 Å². The first-order valence-corrected chi connectivity index (χ1v) is 10.2. The second-order valence-corrected chi connectivity index (χ2v) is 8.03. The first-order chi connectivity index (χ1) is 12.5. The van der Waals surface area contributed by atoms with Gasteiger partial charge in [-0.1, -0.05) is 31.2 Å². The fourth-order valence-corrected chi connectivity index (χ4v) is 3.89. The summed E-state index contributed by atoms with van der Waals surface area (Å²) in [4.78, 5) is 12.7. The van der Waals surface area contributed by atoms with Crippen LogP contribution in [0.1, 0.15) is 35.7 Å². The van der Waals surface area contributed by atoms with Gasteiger partial charge in [0.25, 0.3) is 5.91 Å². The van der Waals surface area contributed by atoms with E-state index in [2.05, 4.69) is 15.4 Å². The topological polar surface area (TPSA) is 87.3 Å². The lowest BCUT2D eigenvalue weighted by Crippen LogP contribution is -2.26. The number of sulfonamides is 1. The molecule has 3 N–H and O–H groups in total. The maximum atomic E-state index is 12.6. The molecule has 1 aliphatic carbocycles. The zero-order valence-corrected chi connectivity index (χ0v) is 15.5. The Labute approximate surface area is 154 Å². The van der Waals surface area contributed by atoms with E-state index < -0.39 is 10.0 Å². The fourth-order valence-electron chi connectivity index (χ4n) is 2.54. The van der Waals surface area contributed by atoms with E-state index >= 15 is 0 Å². The summed E-state index contributed by atoms with van der Waals surface area (Å²) in [7, 11) is -3.59. The zero-order valence-electron chi connectivity index (χ0n) is 14.7. The van der Waals surface area contributed by atoms with Gasteiger partial charge in [0, 0.05) is 23.8 Å². The molecular weight excluding hydrogens is 350 g/mol. The first-order valence-electron chi connectivity index (χ1n) is 8.72. The van der Waals surface area contributed by atoms with Crippen molar-refractivity contribution in [1.82, 2.24) is 10.0 Å². The summed E-state index contributed by atoms with van der Waals surface area (Å²) < 4.78 is 27.3. The molecule has 3 rings (SSSR count). The number of rotatable bonds is 8. The Morgan fingerprint density at radius 3 is 2.62 bits per heavy atom. The molecule has 2 aromatic rings. The van der Waals surface area contributed by atoms with Crippen LogP contribution < -0.4 is 15.4 Å². The lowest BCUT2D eigenvalue weighted by molar-refractivity contribution is 0.102. The molecule has 0 spiro atoms. The molecule has 0 aliphatic heterocycles. The van der Waals surface area contributed by atoms with Crippen LogP contribution in [0.5, 0.6) is 0 Å². The number of amides is 1. The minimum Gasteiger partial charge on any atom is -0.322 e. The summed E-state index contributed by atoms with van der Waals surface area (Å²) >= 11 is 0. The van der Waals surface area contributed by atoms with Crippen molar-refractivity contribution in [2.24, 2.45) is 0 Å². The number of carbonyl (C=O) groups excluding carboxylic acids is 1. The number of hydrogen-bond acceptors (Lipinski definition) is 4. The monoisotopic (exact) mass is 373 g/mol. The number of hydrogen-bond donors (Lipinski definition) is 3. The van der Waals surface area contributed by atoms with Crippen LogP contribution >= 0.6 is 0 Å². The third kappa shape index (κ3) is 4.69. The van der Waals surface area contributed by atoms with Gasteiger partial charge in [-0.25, -0.2) is 13.1 Å². The molecule has 1 amide bonds. The molecule has 26 heavy (non-hydrogen) atoms. The molecule has 7 heteroatoms. The second kappa shape index (κ2) is 7.99. The third-order valence-corrected chi connectivity index (χ3v) is 5.65. The highest BCUT2D eigenvalue weighted by Crippen LogP contribution is 2.23. The van der Waals surface area contributed by atoms with Gasteiger partial charge in [0.15, 0.2) is 0 Å². The summed E-state index contributed by atoms with van der Waals surface area (Å²) in [5.74, 6) is -0.336. The van der Waals surface area contributed by atoms with Gasteiger partial charge in [-0.05, 0) is 49.2 Å². The van der Waals surface area contributed by atoms with Crippen molar-refractivity contribution < 1.29 is 13.2 Å². The third-order valence-electron chi connectivity index (χ3n) is 4.14. The number of benzene rings is 2. The summed E-state index contributed by atoms with van der Waals surface area (Å²) in [5.41, 5.74) is 1.99. The molecule has 1 fully saturated rings. The van der Waals surface area contributed by atoms with Gasteiger partial charge in [-0.2, -0.15) is 0 Å². The van der Waals surface area contributed by atoms with E-state index in [-0.39, 0.29) is 16.8 Å². The van der Waals surface area contributed by atoms with Crippen molar-refractivity contribution >= 4 is 21.6 Å². The smallest absolute Gasteiger partial charge is 0.255 e. The number of carbonyl (C=O) groups is 1. The highest BCUT2D eigenvalue weighted by Gasteiger charge is 2.28. The average Bonchev–Trinajstić information content (AvgIpc) is 3.44. The molecule has 1 aliphatic rings. The number of nitrogens with one attached hydrogen (secondary N) is 3. The van der Waals surface area contributed by atoms with Gasteiger partial charge in [0.05, 0.1) is 4.90 Å². The van der Waals surface area contributed by atoms with Crippen LogP contribution in [0.25, 0.3) is 0 Å². The molecule has 0 bridgehead atoms. The Bertz CT molecular complexity index is 892. The minimum absolute atomic E-state index is 0.0235. The molecule has 1 saturated carbocycles. The van der Waals surface area contributed by atoms with Crippen molar-refractivity contribution in [2.75, 3.05) is 11.9 Å².